The standard InChI is InChI=1S/C21H19NO4S/c23-20(24)7-3-4-15(21-22-16-5-1-2-6-19(16)27-21)12-14-8-9-17-18(13-14)26-11-10-25-17/h1-2,5-6,8-9,12-13H,3-4,7,10-11H2,(H,23,24)/b15-12+. The van der Waals surface area contributed by atoms with E-state index in [1.165, 1.54) is 0 Å². The SMILES string of the molecule is O=C(O)CCC/C(=C\c1ccc2c(c1)OCCO2)c1nc2ccccc2s1. The zero-order valence-electron chi connectivity index (χ0n) is 14.7. The van der Waals surface area contributed by atoms with Gasteiger partial charge in [0.15, 0.2) is 11.5 Å². The molecule has 1 aromatic heterocycles. The summed E-state index contributed by atoms with van der Waals surface area (Å²) in [5.74, 6) is 0.716. The van der Waals surface area contributed by atoms with Gasteiger partial charge in [0.1, 0.15) is 18.2 Å². The van der Waals surface area contributed by atoms with E-state index in [1.807, 2.05) is 36.4 Å². The summed E-state index contributed by atoms with van der Waals surface area (Å²) in [6, 6.07) is 13.9. The van der Waals surface area contributed by atoms with Gasteiger partial charge in [-0.1, -0.05) is 18.2 Å². The monoisotopic (exact) mass is 381 g/mol. The molecule has 6 heteroatoms. The van der Waals surface area contributed by atoms with Crippen molar-refractivity contribution < 1.29 is 19.4 Å². The maximum atomic E-state index is 10.9. The first-order chi connectivity index (χ1) is 13.2. The van der Waals surface area contributed by atoms with Crippen LogP contribution in [0, 0.1) is 0 Å². The Kier molecular flexibility index (Phi) is 5.07. The molecule has 0 fully saturated rings. The molecule has 0 spiro atoms. The molecule has 0 aliphatic carbocycles. The Balaban J connectivity index is 1.68. The number of ether oxygens (including phenoxy) is 2. The second-order valence-electron chi connectivity index (χ2n) is 6.31. The molecule has 1 aliphatic heterocycles. The fraction of sp³-hybridized carbons (Fsp3) is 0.238. The Hall–Kier alpha value is -2.86. The summed E-state index contributed by atoms with van der Waals surface area (Å²) >= 11 is 1.63. The third-order valence-electron chi connectivity index (χ3n) is 4.31. The van der Waals surface area contributed by atoms with Crippen LogP contribution >= 0.6 is 11.3 Å². The molecule has 0 bridgehead atoms. The molecule has 1 N–H and O–H groups in total. The number of nitrogens with zero attached hydrogens (tertiary/aromatic N) is 1. The normalized spacial score (nSPS) is 13.7. The number of thiazole rings is 1. The van der Waals surface area contributed by atoms with E-state index in [0.717, 1.165) is 37.9 Å². The third-order valence-corrected chi connectivity index (χ3v) is 5.42. The fourth-order valence-corrected chi connectivity index (χ4v) is 4.04. The second kappa shape index (κ2) is 7.80. The number of hydrogen-bond donors (Lipinski definition) is 1. The molecule has 0 radical (unpaired) electrons. The lowest BCUT2D eigenvalue weighted by Gasteiger charge is -2.18. The Bertz CT molecular complexity index is 975. The predicted molar refractivity (Wildman–Crippen MR) is 106 cm³/mol. The zero-order chi connectivity index (χ0) is 18.6. The van der Waals surface area contributed by atoms with Gasteiger partial charge in [-0.15, -0.1) is 11.3 Å². The summed E-state index contributed by atoms with van der Waals surface area (Å²) in [5.41, 5.74) is 2.99. The highest BCUT2D eigenvalue weighted by Crippen LogP contribution is 2.34. The van der Waals surface area contributed by atoms with Crippen molar-refractivity contribution in [3.63, 3.8) is 0 Å². The summed E-state index contributed by atoms with van der Waals surface area (Å²) in [6.07, 6.45) is 3.43. The number of benzene rings is 2. The highest BCUT2D eigenvalue weighted by molar-refractivity contribution is 7.19. The quantitative estimate of drug-likeness (QED) is 0.660. The smallest absolute Gasteiger partial charge is 0.303 e. The number of aromatic nitrogens is 1. The third kappa shape index (κ3) is 4.11. The lowest BCUT2D eigenvalue weighted by atomic mass is 10.0. The van der Waals surface area contributed by atoms with Crippen molar-refractivity contribution in [2.75, 3.05) is 13.2 Å². The van der Waals surface area contributed by atoms with Crippen molar-refractivity contribution in [1.29, 1.82) is 0 Å². The van der Waals surface area contributed by atoms with Gasteiger partial charge in [-0.3, -0.25) is 4.79 Å². The highest BCUT2D eigenvalue weighted by atomic mass is 32.1. The molecule has 0 amide bonds. The molecular formula is C21H19NO4S. The lowest BCUT2D eigenvalue weighted by molar-refractivity contribution is -0.137. The van der Waals surface area contributed by atoms with Crippen molar-refractivity contribution in [3.8, 4) is 11.5 Å². The lowest BCUT2D eigenvalue weighted by Crippen LogP contribution is -2.15. The average Bonchev–Trinajstić information content (AvgIpc) is 3.11. The Morgan fingerprint density at radius 1 is 1.11 bits per heavy atom. The van der Waals surface area contributed by atoms with Gasteiger partial charge in [0.2, 0.25) is 0 Å². The van der Waals surface area contributed by atoms with E-state index in [-0.39, 0.29) is 6.42 Å². The number of carbonyl (C=O) groups is 1. The van der Waals surface area contributed by atoms with Crippen LogP contribution in [0.25, 0.3) is 21.9 Å². The van der Waals surface area contributed by atoms with Gasteiger partial charge >= 0.3 is 5.97 Å². The minimum atomic E-state index is -0.780. The first-order valence-corrected chi connectivity index (χ1v) is 9.69. The largest absolute Gasteiger partial charge is 0.486 e. The van der Waals surface area contributed by atoms with Crippen molar-refractivity contribution in [2.24, 2.45) is 0 Å². The van der Waals surface area contributed by atoms with Crippen molar-refractivity contribution in [2.45, 2.75) is 19.3 Å². The second-order valence-corrected chi connectivity index (χ2v) is 7.34. The fourth-order valence-electron chi connectivity index (χ4n) is 3.03. The summed E-state index contributed by atoms with van der Waals surface area (Å²) in [4.78, 5) is 15.7. The topological polar surface area (TPSA) is 68.7 Å². The van der Waals surface area contributed by atoms with Crippen LogP contribution in [-0.4, -0.2) is 29.3 Å². The van der Waals surface area contributed by atoms with Gasteiger partial charge in [0.25, 0.3) is 0 Å². The van der Waals surface area contributed by atoms with Crippen LogP contribution in [0.1, 0.15) is 29.8 Å². The molecule has 2 aromatic carbocycles. The van der Waals surface area contributed by atoms with Gasteiger partial charge in [0, 0.05) is 6.42 Å². The van der Waals surface area contributed by atoms with Crippen LogP contribution in [0.4, 0.5) is 0 Å². The highest BCUT2D eigenvalue weighted by Gasteiger charge is 2.13. The molecule has 2 heterocycles. The van der Waals surface area contributed by atoms with E-state index < -0.39 is 5.97 Å². The van der Waals surface area contributed by atoms with Crippen LogP contribution in [0.5, 0.6) is 11.5 Å². The van der Waals surface area contributed by atoms with E-state index in [4.69, 9.17) is 19.6 Å². The van der Waals surface area contributed by atoms with Gasteiger partial charge < -0.3 is 14.6 Å². The number of allylic oxidation sites excluding steroid dienone is 1. The predicted octanol–water partition coefficient (Wildman–Crippen LogP) is 4.86. The van der Waals surface area contributed by atoms with Crippen molar-refractivity contribution in [3.05, 3.63) is 53.0 Å². The average molecular weight is 381 g/mol. The van der Waals surface area contributed by atoms with Gasteiger partial charge in [-0.25, -0.2) is 4.98 Å². The summed E-state index contributed by atoms with van der Waals surface area (Å²) < 4.78 is 12.4. The van der Waals surface area contributed by atoms with E-state index in [0.29, 0.717) is 26.1 Å². The summed E-state index contributed by atoms with van der Waals surface area (Å²) in [7, 11) is 0. The molecule has 3 aromatic rings. The number of para-hydroxylation sites is 1. The molecule has 0 saturated carbocycles. The van der Waals surface area contributed by atoms with Crippen LogP contribution in [0.2, 0.25) is 0 Å². The van der Waals surface area contributed by atoms with E-state index in [1.54, 1.807) is 11.3 Å². The molecule has 0 atom stereocenters. The van der Waals surface area contributed by atoms with Crippen LogP contribution in [0.15, 0.2) is 42.5 Å². The molecular weight excluding hydrogens is 362 g/mol. The first-order valence-electron chi connectivity index (χ1n) is 8.87. The van der Waals surface area contributed by atoms with E-state index >= 15 is 0 Å². The molecule has 4 rings (SSSR count). The number of hydrogen-bond acceptors (Lipinski definition) is 5. The molecule has 0 unspecified atom stereocenters. The maximum absolute atomic E-state index is 10.9. The Morgan fingerprint density at radius 2 is 1.93 bits per heavy atom. The number of fused-ring (bicyclic) bond motifs is 2. The number of aliphatic carboxylic acids is 1. The van der Waals surface area contributed by atoms with E-state index in [9.17, 15) is 4.79 Å². The molecule has 5 nitrogen and oxygen atoms in total. The van der Waals surface area contributed by atoms with E-state index in [2.05, 4.69) is 12.1 Å². The molecule has 138 valence electrons. The Morgan fingerprint density at radius 3 is 2.74 bits per heavy atom. The van der Waals surface area contributed by atoms with Gasteiger partial charge in [-0.2, -0.15) is 0 Å². The number of rotatable bonds is 6. The minimum Gasteiger partial charge on any atom is -0.486 e. The van der Waals surface area contributed by atoms with Gasteiger partial charge in [0.05, 0.1) is 10.2 Å². The van der Waals surface area contributed by atoms with Crippen molar-refractivity contribution in [1.82, 2.24) is 4.98 Å². The van der Waals surface area contributed by atoms with Crippen LogP contribution < -0.4 is 9.47 Å². The van der Waals surface area contributed by atoms with Gasteiger partial charge in [-0.05, 0) is 54.3 Å². The molecule has 0 saturated heterocycles. The van der Waals surface area contributed by atoms with Crippen molar-refractivity contribution >= 4 is 39.2 Å². The zero-order valence-corrected chi connectivity index (χ0v) is 15.5. The Labute approximate surface area is 160 Å². The minimum absolute atomic E-state index is 0.142. The van der Waals surface area contributed by atoms with Crippen LogP contribution in [-0.2, 0) is 4.79 Å². The van der Waals surface area contributed by atoms with Crippen LogP contribution in [0.3, 0.4) is 0 Å². The summed E-state index contributed by atoms with van der Waals surface area (Å²) in [5, 5.41) is 9.90. The number of carboxylic acid groups (broad SMARTS) is 1. The summed E-state index contributed by atoms with van der Waals surface area (Å²) in [6.45, 7) is 1.11. The first kappa shape index (κ1) is 17.5. The molecule has 27 heavy (non-hydrogen) atoms. The maximum Gasteiger partial charge on any atom is 0.303 e. The number of carboxylic acids is 1. The molecule has 1 aliphatic rings.